The predicted molar refractivity (Wildman–Crippen MR) is 322 cm³/mol. The van der Waals surface area contributed by atoms with Crippen LogP contribution in [0.1, 0.15) is 33.4 Å². The lowest BCUT2D eigenvalue weighted by Crippen LogP contribution is -2.61. The fraction of sp³-hybridized carbons (Fsp3) is 0.0263. The van der Waals surface area contributed by atoms with E-state index in [0.29, 0.717) is 0 Å². The zero-order chi connectivity index (χ0) is 44.2. The van der Waals surface area contributed by atoms with Crippen molar-refractivity contribution >= 4 is 345 Å². The maximum Gasteiger partial charge on any atom is 0.0658 e. The van der Waals surface area contributed by atoms with E-state index in [1.807, 2.05) is 0 Å². The quantitative estimate of drug-likeness (QED) is 0.105. The number of hydrogen-bond acceptors (Lipinski definition) is 0. The van der Waals surface area contributed by atoms with Crippen molar-refractivity contribution in [3.63, 3.8) is 0 Å². The first-order chi connectivity index (χ1) is 38.0. The summed E-state index contributed by atoms with van der Waals surface area (Å²) in [4.78, 5) is 0. The van der Waals surface area contributed by atoms with Crippen LogP contribution in [0.5, 0.6) is 0 Å². The van der Waals surface area contributed by atoms with Crippen molar-refractivity contribution in [3.05, 3.63) is 57.6 Å². The van der Waals surface area contributed by atoms with Crippen LogP contribution in [0.2, 0.25) is 0 Å². The second kappa shape index (κ2) is 5.79. The van der Waals surface area contributed by atoms with Gasteiger partial charge < -0.3 is 0 Å². The van der Waals surface area contributed by atoms with Gasteiger partial charge in [0.25, 0.3) is 0 Å². The van der Waals surface area contributed by atoms with Crippen LogP contribution >= 0.6 is 0 Å². The molecule has 2 atom stereocenters. The van der Waals surface area contributed by atoms with Crippen molar-refractivity contribution in [2.75, 3.05) is 0 Å². The summed E-state index contributed by atoms with van der Waals surface area (Å²) >= 11 is 0. The Morgan fingerprint density at radius 1 is 0.118 bits per heavy atom. The molecule has 0 aliphatic heterocycles. The standard InChI is InChI=1S/C76H4/c1-2-4-6-5(3-1)75-71-63-55-44-33-23-13-8-7-9-11-10(8)17-21-22-18(11)26-24-14(9)20-16-12(7)15-19(13)29(33)40-35-27(15)28(16)36-41-30(20)34(24)45-47-38(26)43-32(22)39-31(21)42-37(25(17)23)46(44)59-52(42)61-54(39)62-53(43)60(47)68-64-56(45)51(41)58-49(36)48(35)57(50(40)55)65(71)66(58)72(64)76(6,75)74(68)70(62)69(61)73(75)67(59)63/h1-4H. The van der Waals surface area contributed by atoms with Crippen LogP contribution in [0.4, 0.5) is 0 Å². The van der Waals surface area contributed by atoms with Crippen LogP contribution in [0.15, 0.2) is 24.3 Å². The first kappa shape index (κ1) is 26.5. The molecule has 2 spiro atoms. The van der Waals surface area contributed by atoms with Gasteiger partial charge in [0.15, 0.2) is 0 Å². The molecule has 0 nitrogen and oxygen atoms in total. The third-order valence-corrected chi connectivity index (χ3v) is 28.8. The monoisotopic (exact) mass is 916 g/mol. The van der Waals surface area contributed by atoms with Crippen molar-refractivity contribution < 1.29 is 0 Å². The van der Waals surface area contributed by atoms with E-state index in [1.165, 1.54) is 0 Å². The van der Waals surface area contributed by atoms with Gasteiger partial charge in [-0.25, -0.2) is 0 Å². The molecule has 2 unspecified atom stereocenters. The van der Waals surface area contributed by atoms with Gasteiger partial charge in [-0.2, -0.15) is 0 Å². The summed E-state index contributed by atoms with van der Waals surface area (Å²) in [5.41, 5.74) is 9.71. The van der Waals surface area contributed by atoms with Crippen LogP contribution in [-0.4, -0.2) is 0 Å². The molecule has 5 aliphatic carbocycles. The van der Waals surface area contributed by atoms with Gasteiger partial charge in [0.05, 0.1) is 10.8 Å². The second-order valence-electron chi connectivity index (χ2n) is 28.5. The third kappa shape index (κ3) is 1.30. The highest BCUT2D eigenvalue weighted by molar-refractivity contribution is 6.84. The number of benzene rings is 24. The number of fused-ring (bicyclic) bond motifs is 1. The van der Waals surface area contributed by atoms with Crippen molar-refractivity contribution in [1.82, 2.24) is 0 Å². The van der Waals surface area contributed by atoms with Crippen molar-refractivity contribution in [1.29, 1.82) is 0 Å². The molecule has 5 aliphatic rings. The molecule has 0 fully saturated rings. The predicted octanol–water partition coefficient (Wildman–Crippen LogP) is 20.7. The van der Waals surface area contributed by atoms with Gasteiger partial charge in [-0.15, -0.1) is 0 Å². The lowest BCUT2D eigenvalue weighted by atomic mass is 9.36. The van der Waals surface area contributed by atoms with Gasteiger partial charge in [-0.3, -0.25) is 0 Å². The summed E-state index contributed by atoms with van der Waals surface area (Å²) in [6.45, 7) is 0. The SMILES string of the molecule is c1ccc2c(c1)C13c4c5c6c7c8c9c(c%10c%11c1c1c4c4c%12c5c5c6c6c8c8c%13c9c9c%10c%10c%14c%11c%11c1c1c4c4c%12c%12c5c5c6c8c6c8c%13c%13c9c%10c9c%10c%14c%11c%11c1c1c4c4c%12c5c6c5c4c4c1c%11c%10c1c9c%13c8c5c14)C273. The van der Waals surface area contributed by atoms with Crippen LogP contribution in [0, 0.1) is 0 Å². The van der Waals surface area contributed by atoms with Gasteiger partial charge in [0.1, 0.15) is 0 Å². The van der Waals surface area contributed by atoms with Gasteiger partial charge in [-0.05, 0) is 378 Å². The summed E-state index contributed by atoms with van der Waals surface area (Å²) < 4.78 is 0. The second-order valence-corrected chi connectivity index (χ2v) is 28.5. The highest BCUT2D eigenvalue weighted by atomic mass is 14.8. The third-order valence-electron chi connectivity index (χ3n) is 28.8. The molecule has 76 heavy (non-hydrogen) atoms. The van der Waals surface area contributed by atoms with E-state index >= 15 is 0 Å². The number of hydrogen-bond donors (Lipinski definition) is 0. The molecular weight excluding hydrogens is 913 g/mol. The molecule has 0 bridgehead atoms. The van der Waals surface area contributed by atoms with E-state index in [-0.39, 0.29) is 10.8 Å². The zero-order valence-electron chi connectivity index (χ0n) is 38.3. The van der Waals surface area contributed by atoms with Crippen LogP contribution < -0.4 is 0 Å². The first-order valence-electron chi connectivity index (χ1n) is 28.6. The van der Waals surface area contributed by atoms with E-state index in [9.17, 15) is 0 Å². The van der Waals surface area contributed by atoms with Crippen molar-refractivity contribution in [2.24, 2.45) is 0 Å². The Kier molecular flexibility index (Phi) is 2.02. The van der Waals surface area contributed by atoms with Gasteiger partial charge in [0.2, 0.25) is 0 Å². The number of rotatable bonds is 0. The van der Waals surface area contributed by atoms with Gasteiger partial charge in [-0.1, -0.05) is 24.3 Å². The Morgan fingerprint density at radius 3 is 0.316 bits per heavy atom. The summed E-state index contributed by atoms with van der Waals surface area (Å²) in [6, 6.07) is 10.3. The molecule has 39 rings (SSSR count). The lowest BCUT2D eigenvalue weighted by molar-refractivity contribution is 0.373. The maximum atomic E-state index is 2.68. The Morgan fingerprint density at radius 2 is 0.211 bits per heavy atom. The highest BCUT2D eigenvalue weighted by Gasteiger charge is 2.76. The minimum absolute atomic E-state index is 0.303. The smallest absolute Gasteiger partial charge is 0.0619 e. The zero-order valence-corrected chi connectivity index (χ0v) is 38.3. The summed E-state index contributed by atoms with van der Waals surface area (Å²) in [5, 5.41) is 107. The topological polar surface area (TPSA) is 0 Å². The van der Waals surface area contributed by atoms with Crippen LogP contribution in [0.25, 0.3) is 345 Å². The van der Waals surface area contributed by atoms with Crippen molar-refractivity contribution in [2.45, 2.75) is 10.8 Å². The fourth-order valence-electron chi connectivity index (χ4n) is 29.0. The molecule has 0 heterocycles. The van der Waals surface area contributed by atoms with E-state index in [4.69, 9.17) is 0 Å². The van der Waals surface area contributed by atoms with Crippen molar-refractivity contribution in [3.8, 4) is 0 Å². The average Bonchev–Trinajstić information content (AvgIpc) is 1.86. The highest BCUT2D eigenvalue weighted by Crippen LogP contribution is 2.88. The summed E-state index contributed by atoms with van der Waals surface area (Å²) in [7, 11) is 0. The molecule has 0 heteroatoms. The summed E-state index contributed by atoms with van der Waals surface area (Å²) in [5.74, 6) is 0. The molecule has 0 saturated heterocycles. The van der Waals surface area contributed by atoms with Crippen LogP contribution in [-0.2, 0) is 10.8 Å². The molecule has 0 radical (unpaired) electrons. The minimum atomic E-state index is -0.303. The molecule has 34 aromatic rings. The Hall–Kier alpha value is -9.62. The Bertz CT molecular complexity index is 8470. The van der Waals surface area contributed by atoms with E-state index in [2.05, 4.69) is 24.3 Å². The fourth-order valence-corrected chi connectivity index (χ4v) is 29.0. The molecule has 0 saturated carbocycles. The molecule has 308 valence electrons. The molecular formula is C76H4. The lowest BCUT2D eigenvalue weighted by Gasteiger charge is -2.63. The Balaban J connectivity index is 1.19. The minimum Gasteiger partial charge on any atom is -0.0619 e. The van der Waals surface area contributed by atoms with E-state index < -0.39 is 0 Å². The molecule has 0 aromatic heterocycles. The van der Waals surface area contributed by atoms with E-state index in [0.717, 1.165) is 0 Å². The van der Waals surface area contributed by atoms with Gasteiger partial charge >= 0.3 is 0 Å². The first-order valence-corrected chi connectivity index (χ1v) is 28.6. The average molecular weight is 917 g/mol. The molecule has 0 amide bonds. The van der Waals surface area contributed by atoms with Crippen LogP contribution in [0.3, 0.4) is 0 Å². The largest absolute Gasteiger partial charge is 0.0658 e. The van der Waals surface area contributed by atoms with Gasteiger partial charge in [0, 0.05) is 0 Å². The molecule has 34 aromatic carbocycles. The maximum absolute atomic E-state index is 2.68. The summed E-state index contributed by atoms with van der Waals surface area (Å²) in [6.07, 6.45) is 0. The van der Waals surface area contributed by atoms with E-state index in [1.54, 1.807) is 378 Å². The normalized spacial score (nSPS) is 22.1. The molecule has 0 N–H and O–H groups in total. The Labute approximate surface area is 410 Å².